The lowest BCUT2D eigenvalue weighted by molar-refractivity contribution is -0.0460. The van der Waals surface area contributed by atoms with Gasteiger partial charge in [0.1, 0.15) is 0 Å². The van der Waals surface area contributed by atoms with Crippen molar-refractivity contribution >= 4 is 11.6 Å². The Labute approximate surface area is 112 Å². The Balaban J connectivity index is 1.93. The molecule has 2 rings (SSSR count). The van der Waals surface area contributed by atoms with Gasteiger partial charge >= 0.3 is 0 Å². The average molecular weight is 273 g/mol. The van der Waals surface area contributed by atoms with Gasteiger partial charge in [-0.05, 0) is 43.2 Å². The summed E-state index contributed by atoms with van der Waals surface area (Å²) in [7, 11) is 0. The van der Waals surface area contributed by atoms with E-state index < -0.39 is 5.92 Å². The van der Waals surface area contributed by atoms with Crippen LogP contribution in [0.4, 0.5) is 8.78 Å². The van der Waals surface area contributed by atoms with Crippen LogP contribution < -0.4 is 0 Å². The normalized spacial score (nSPS) is 21.8. The maximum Gasteiger partial charge on any atom is 0.248 e. The summed E-state index contributed by atoms with van der Waals surface area (Å²) in [4.78, 5) is 0. The highest BCUT2D eigenvalue weighted by Crippen LogP contribution is 2.39. The van der Waals surface area contributed by atoms with Crippen molar-refractivity contribution in [1.82, 2.24) is 0 Å². The first kappa shape index (κ1) is 13.8. The first-order chi connectivity index (χ1) is 8.48. The molecule has 0 nitrogen and oxygen atoms in total. The number of alkyl halides is 3. The van der Waals surface area contributed by atoms with Gasteiger partial charge in [0.25, 0.3) is 0 Å². The lowest BCUT2D eigenvalue weighted by Gasteiger charge is -2.31. The molecule has 0 N–H and O–H groups in total. The number of benzene rings is 1. The van der Waals surface area contributed by atoms with Crippen LogP contribution in [0.5, 0.6) is 0 Å². The van der Waals surface area contributed by atoms with Crippen LogP contribution in [-0.2, 0) is 6.42 Å². The lowest BCUT2D eigenvalue weighted by atomic mass is 9.82. The van der Waals surface area contributed by atoms with Crippen molar-refractivity contribution in [2.24, 2.45) is 5.92 Å². The quantitative estimate of drug-likeness (QED) is 0.682. The van der Waals surface area contributed by atoms with E-state index in [1.54, 1.807) is 0 Å². The molecular weight excluding hydrogens is 254 g/mol. The molecule has 3 heteroatoms. The van der Waals surface area contributed by atoms with Crippen LogP contribution in [0.1, 0.15) is 36.8 Å². The summed E-state index contributed by atoms with van der Waals surface area (Å²) < 4.78 is 26.2. The van der Waals surface area contributed by atoms with Gasteiger partial charge in [-0.2, -0.15) is 0 Å². The minimum Gasteiger partial charge on any atom is -0.207 e. The summed E-state index contributed by atoms with van der Waals surface area (Å²) in [5.41, 5.74) is 2.46. The van der Waals surface area contributed by atoms with Crippen molar-refractivity contribution in [3.8, 4) is 0 Å². The molecule has 0 spiro atoms. The first-order valence-corrected chi connectivity index (χ1v) is 6.98. The topological polar surface area (TPSA) is 0 Å². The molecule has 1 saturated carbocycles. The van der Waals surface area contributed by atoms with Crippen LogP contribution in [0, 0.1) is 12.8 Å². The Hall–Kier alpha value is -0.630. The van der Waals surface area contributed by atoms with E-state index in [4.69, 9.17) is 11.6 Å². The van der Waals surface area contributed by atoms with Crippen LogP contribution >= 0.6 is 11.6 Å². The third kappa shape index (κ3) is 3.44. The van der Waals surface area contributed by atoms with Crippen LogP contribution in [0.25, 0.3) is 0 Å². The molecule has 0 aromatic heterocycles. The number of hydrogen-bond acceptors (Lipinski definition) is 0. The highest BCUT2D eigenvalue weighted by Gasteiger charge is 2.37. The van der Waals surface area contributed by atoms with E-state index in [-0.39, 0.29) is 24.1 Å². The van der Waals surface area contributed by atoms with E-state index in [0.717, 1.165) is 6.42 Å². The molecule has 0 saturated heterocycles. The molecule has 1 aromatic carbocycles. The van der Waals surface area contributed by atoms with E-state index in [0.29, 0.717) is 12.8 Å². The fraction of sp³-hybridized carbons (Fsp3) is 0.600. The zero-order valence-corrected chi connectivity index (χ0v) is 11.4. The summed E-state index contributed by atoms with van der Waals surface area (Å²) >= 11 is 6.41. The molecule has 1 fully saturated rings. The Morgan fingerprint density at radius 1 is 1.28 bits per heavy atom. The summed E-state index contributed by atoms with van der Waals surface area (Å²) in [6.07, 6.45) is 1.87. The molecular formula is C15H19ClF2. The molecule has 100 valence electrons. The third-order valence-electron chi connectivity index (χ3n) is 3.95. The van der Waals surface area contributed by atoms with Crippen molar-refractivity contribution in [3.05, 3.63) is 35.4 Å². The van der Waals surface area contributed by atoms with E-state index in [1.165, 1.54) is 11.1 Å². The van der Waals surface area contributed by atoms with E-state index in [1.807, 2.05) is 12.1 Å². The minimum atomic E-state index is -2.46. The van der Waals surface area contributed by atoms with Gasteiger partial charge in [0, 0.05) is 18.2 Å². The molecule has 1 aromatic rings. The van der Waals surface area contributed by atoms with Crippen LogP contribution in [0.3, 0.4) is 0 Å². The van der Waals surface area contributed by atoms with Gasteiger partial charge in [-0.15, -0.1) is 11.6 Å². The van der Waals surface area contributed by atoms with Gasteiger partial charge in [-0.25, -0.2) is 8.78 Å². The van der Waals surface area contributed by atoms with Crippen molar-refractivity contribution in [3.63, 3.8) is 0 Å². The largest absolute Gasteiger partial charge is 0.248 e. The van der Waals surface area contributed by atoms with Crippen LogP contribution in [0.2, 0.25) is 0 Å². The monoisotopic (exact) mass is 272 g/mol. The summed E-state index contributed by atoms with van der Waals surface area (Å²) in [6, 6.07) is 8.14. The number of hydrogen-bond donors (Lipinski definition) is 0. The van der Waals surface area contributed by atoms with Gasteiger partial charge < -0.3 is 0 Å². The van der Waals surface area contributed by atoms with Crippen molar-refractivity contribution in [1.29, 1.82) is 0 Å². The van der Waals surface area contributed by atoms with E-state index >= 15 is 0 Å². The summed E-state index contributed by atoms with van der Waals surface area (Å²) in [5, 5.41) is -0.0257. The zero-order chi connectivity index (χ0) is 13.2. The van der Waals surface area contributed by atoms with Gasteiger partial charge in [0.15, 0.2) is 0 Å². The molecule has 1 atom stereocenters. The Morgan fingerprint density at radius 2 is 1.89 bits per heavy atom. The van der Waals surface area contributed by atoms with Crippen molar-refractivity contribution < 1.29 is 8.78 Å². The Kier molecular flexibility index (Phi) is 4.26. The van der Waals surface area contributed by atoms with Crippen molar-refractivity contribution in [2.75, 3.05) is 0 Å². The fourth-order valence-electron chi connectivity index (χ4n) is 2.64. The Morgan fingerprint density at radius 3 is 2.50 bits per heavy atom. The molecule has 0 bridgehead atoms. The number of rotatable bonds is 3. The lowest BCUT2D eigenvalue weighted by Crippen LogP contribution is -2.29. The molecule has 0 aliphatic heterocycles. The zero-order valence-electron chi connectivity index (χ0n) is 10.6. The summed E-state index contributed by atoms with van der Waals surface area (Å²) in [6.45, 7) is 2.06. The second-order valence-electron chi connectivity index (χ2n) is 5.34. The minimum absolute atomic E-state index is 0.00530. The Bertz CT molecular complexity index is 393. The first-order valence-electron chi connectivity index (χ1n) is 6.54. The predicted molar refractivity (Wildman–Crippen MR) is 71.4 cm³/mol. The second kappa shape index (κ2) is 5.56. The maximum absolute atomic E-state index is 13.1. The molecule has 18 heavy (non-hydrogen) atoms. The summed E-state index contributed by atoms with van der Waals surface area (Å²) in [5.74, 6) is -2.23. The van der Waals surface area contributed by atoms with Gasteiger partial charge in [-0.1, -0.05) is 24.3 Å². The van der Waals surface area contributed by atoms with Gasteiger partial charge in [0.2, 0.25) is 5.92 Å². The van der Waals surface area contributed by atoms with Crippen LogP contribution in [0.15, 0.2) is 24.3 Å². The standard InChI is InChI=1S/C15H19ClF2/c1-11-4-2-3-5-13(11)10-14(16)12-6-8-15(17,18)9-7-12/h2-5,12,14H,6-10H2,1H3. The van der Waals surface area contributed by atoms with Crippen LogP contribution in [-0.4, -0.2) is 11.3 Å². The highest BCUT2D eigenvalue weighted by atomic mass is 35.5. The molecule has 0 heterocycles. The van der Waals surface area contributed by atoms with E-state index in [9.17, 15) is 8.78 Å². The van der Waals surface area contributed by atoms with E-state index in [2.05, 4.69) is 19.1 Å². The molecule has 1 unspecified atom stereocenters. The average Bonchev–Trinajstić information content (AvgIpc) is 2.32. The van der Waals surface area contributed by atoms with Gasteiger partial charge in [-0.3, -0.25) is 0 Å². The maximum atomic E-state index is 13.1. The molecule has 1 aliphatic carbocycles. The molecule has 0 radical (unpaired) electrons. The third-order valence-corrected chi connectivity index (χ3v) is 4.46. The SMILES string of the molecule is Cc1ccccc1CC(Cl)C1CCC(F)(F)CC1. The van der Waals surface area contributed by atoms with Gasteiger partial charge in [0.05, 0.1) is 0 Å². The predicted octanol–water partition coefficient (Wildman–Crippen LogP) is 4.97. The number of aryl methyl sites for hydroxylation is 1. The fourth-order valence-corrected chi connectivity index (χ4v) is 3.06. The molecule has 1 aliphatic rings. The van der Waals surface area contributed by atoms with Crippen molar-refractivity contribution in [2.45, 2.75) is 50.3 Å². The molecule has 0 amide bonds. The number of halogens is 3. The highest BCUT2D eigenvalue weighted by molar-refractivity contribution is 6.20. The second-order valence-corrected chi connectivity index (χ2v) is 5.90. The smallest absolute Gasteiger partial charge is 0.207 e.